The van der Waals surface area contributed by atoms with Crippen molar-refractivity contribution in [3.05, 3.63) is 29.3 Å². The molecule has 182 valence electrons. The van der Waals surface area contributed by atoms with Gasteiger partial charge in [0.25, 0.3) is 0 Å². The van der Waals surface area contributed by atoms with Crippen molar-refractivity contribution in [1.82, 2.24) is 5.32 Å². The third kappa shape index (κ3) is 10.9. The van der Waals surface area contributed by atoms with Crippen molar-refractivity contribution in [3.8, 4) is 5.75 Å². The molecule has 0 bridgehead atoms. The van der Waals surface area contributed by atoms with E-state index in [1.807, 2.05) is 6.92 Å². The van der Waals surface area contributed by atoms with Crippen molar-refractivity contribution in [2.24, 2.45) is 11.3 Å². The summed E-state index contributed by atoms with van der Waals surface area (Å²) < 4.78 is 67.8. The van der Waals surface area contributed by atoms with Crippen LogP contribution in [0.1, 0.15) is 47.0 Å². The number of rotatable bonds is 13. The van der Waals surface area contributed by atoms with Gasteiger partial charge in [0.15, 0.2) is 11.6 Å². The molecule has 1 N–H and O–H groups in total. The van der Waals surface area contributed by atoms with E-state index in [-0.39, 0.29) is 56.2 Å². The Morgan fingerprint density at radius 2 is 1.53 bits per heavy atom. The fourth-order valence-electron chi connectivity index (χ4n) is 3.05. The average Bonchev–Trinajstić information content (AvgIpc) is 2.66. The molecule has 0 spiro atoms. The number of benzene rings is 1. The van der Waals surface area contributed by atoms with E-state index in [0.717, 1.165) is 6.42 Å². The SMILES string of the molecule is CC(CC(=O)NCCOCCOCCC(=O)Oc1c(F)c(F)cc(F)c1F)CC(C)(C)C. The van der Waals surface area contributed by atoms with Gasteiger partial charge in [-0.3, -0.25) is 9.59 Å². The number of ether oxygens (including phenoxy) is 3. The monoisotopic (exact) mass is 465 g/mol. The molecule has 1 aromatic rings. The number of halogens is 4. The molecule has 0 aliphatic carbocycles. The van der Waals surface area contributed by atoms with Gasteiger partial charge in [0, 0.05) is 19.0 Å². The summed E-state index contributed by atoms with van der Waals surface area (Å²) in [4.78, 5) is 23.4. The minimum atomic E-state index is -1.79. The highest BCUT2D eigenvalue weighted by Gasteiger charge is 2.23. The third-order valence-corrected chi connectivity index (χ3v) is 4.17. The predicted molar refractivity (Wildman–Crippen MR) is 109 cm³/mol. The molecular formula is C22H31F4NO5. The van der Waals surface area contributed by atoms with Gasteiger partial charge in [-0.15, -0.1) is 0 Å². The van der Waals surface area contributed by atoms with Crippen molar-refractivity contribution in [3.63, 3.8) is 0 Å². The van der Waals surface area contributed by atoms with Crippen LogP contribution in [0.3, 0.4) is 0 Å². The first-order chi connectivity index (χ1) is 14.9. The van der Waals surface area contributed by atoms with Gasteiger partial charge in [-0.1, -0.05) is 27.7 Å². The minimum absolute atomic E-state index is 0.0180. The molecular weight excluding hydrogens is 434 g/mol. The largest absolute Gasteiger partial charge is 0.420 e. The van der Waals surface area contributed by atoms with Gasteiger partial charge in [-0.25, -0.2) is 8.78 Å². The summed E-state index contributed by atoms with van der Waals surface area (Å²) in [7, 11) is 0. The molecule has 10 heteroatoms. The van der Waals surface area contributed by atoms with Crippen LogP contribution >= 0.6 is 0 Å². The summed E-state index contributed by atoms with van der Waals surface area (Å²) in [5, 5.41) is 2.78. The van der Waals surface area contributed by atoms with Gasteiger partial charge in [0.1, 0.15) is 0 Å². The Hall–Kier alpha value is -2.20. The molecule has 1 unspecified atom stereocenters. The van der Waals surface area contributed by atoms with E-state index in [1.54, 1.807) is 0 Å². The molecule has 0 heterocycles. The molecule has 0 saturated heterocycles. The Morgan fingerprint density at radius 1 is 0.969 bits per heavy atom. The van der Waals surface area contributed by atoms with Crippen LogP contribution in [-0.2, 0) is 19.1 Å². The quantitative estimate of drug-likeness (QED) is 0.156. The van der Waals surface area contributed by atoms with E-state index >= 15 is 0 Å². The average molecular weight is 465 g/mol. The molecule has 0 saturated carbocycles. The highest BCUT2D eigenvalue weighted by atomic mass is 19.2. The van der Waals surface area contributed by atoms with Crippen LogP contribution in [0.2, 0.25) is 0 Å². The van der Waals surface area contributed by atoms with Crippen LogP contribution in [0.15, 0.2) is 6.07 Å². The zero-order valence-corrected chi connectivity index (χ0v) is 18.9. The van der Waals surface area contributed by atoms with Crippen molar-refractivity contribution in [2.75, 3.05) is 33.0 Å². The number of amides is 1. The summed E-state index contributed by atoms with van der Waals surface area (Å²) in [6, 6.07) is 0.0180. The maximum absolute atomic E-state index is 13.4. The van der Waals surface area contributed by atoms with Gasteiger partial charge in [-0.2, -0.15) is 8.78 Å². The number of esters is 1. The standard InChI is InChI=1S/C22H31F4NO5/c1-14(13-22(2,3)4)11-17(28)27-6-8-31-10-9-30-7-5-18(29)32-21-19(25)15(23)12-16(24)20(21)26/h12,14H,5-11,13H2,1-4H3,(H,27,28). The molecule has 0 aliphatic rings. The van der Waals surface area contributed by atoms with E-state index in [2.05, 4.69) is 30.8 Å². The third-order valence-electron chi connectivity index (χ3n) is 4.17. The Kier molecular flexibility index (Phi) is 11.6. The molecule has 6 nitrogen and oxygen atoms in total. The molecule has 1 amide bonds. The smallest absolute Gasteiger partial charge is 0.313 e. The number of carbonyl (C=O) groups is 2. The first kappa shape index (κ1) is 27.8. The van der Waals surface area contributed by atoms with Crippen LogP contribution in [-0.4, -0.2) is 44.8 Å². The molecule has 1 atom stereocenters. The van der Waals surface area contributed by atoms with Crippen molar-refractivity contribution < 1.29 is 41.4 Å². The second-order valence-corrected chi connectivity index (χ2v) is 8.67. The predicted octanol–water partition coefficient (Wildman–Crippen LogP) is 4.15. The second kappa shape index (κ2) is 13.4. The summed E-state index contributed by atoms with van der Waals surface area (Å²) >= 11 is 0. The number of nitrogens with one attached hydrogen (secondary N) is 1. The van der Waals surface area contributed by atoms with Crippen LogP contribution in [0.5, 0.6) is 5.75 Å². The Bertz CT molecular complexity index is 741. The number of hydrogen-bond donors (Lipinski definition) is 1. The fraction of sp³-hybridized carbons (Fsp3) is 0.636. The Morgan fingerprint density at radius 3 is 2.09 bits per heavy atom. The normalized spacial score (nSPS) is 12.5. The molecule has 1 rings (SSSR count). The summed E-state index contributed by atoms with van der Waals surface area (Å²) in [5.41, 5.74) is 0.170. The van der Waals surface area contributed by atoms with E-state index in [1.165, 1.54) is 0 Å². The summed E-state index contributed by atoms with van der Waals surface area (Å²) in [6.07, 6.45) is 1.01. The minimum Gasteiger partial charge on any atom is -0.420 e. The second-order valence-electron chi connectivity index (χ2n) is 8.67. The highest BCUT2D eigenvalue weighted by molar-refractivity contribution is 5.76. The topological polar surface area (TPSA) is 73.9 Å². The van der Waals surface area contributed by atoms with Crippen molar-refractivity contribution >= 4 is 11.9 Å². The van der Waals surface area contributed by atoms with E-state index in [9.17, 15) is 27.2 Å². The lowest BCUT2D eigenvalue weighted by atomic mass is 9.84. The Balaban J connectivity index is 2.11. The molecule has 0 aromatic heterocycles. The van der Waals surface area contributed by atoms with Crippen LogP contribution in [0.4, 0.5) is 17.6 Å². The lowest BCUT2D eigenvalue weighted by Crippen LogP contribution is -2.29. The number of carbonyl (C=O) groups excluding carboxylic acids is 2. The Labute approximate surface area is 185 Å². The van der Waals surface area contributed by atoms with Crippen molar-refractivity contribution in [2.45, 2.75) is 47.0 Å². The first-order valence-electron chi connectivity index (χ1n) is 10.4. The molecule has 0 aliphatic heterocycles. The maximum atomic E-state index is 13.4. The molecule has 1 aromatic carbocycles. The van der Waals surface area contributed by atoms with Gasteiger partial charge < -0.3 is 19.5 Å². The number of hydrogen-bond acceptors (Lipinski definition) is 5. The van der Waals surface area contributed by atoms with Crippen LogP contribution in [0, 0.1) is 34.6 Å². The molecule has 32 heavy (non-hydrogen) atoms. The van der Waals surface area contributed by atoms with Crippen LogP contribution < -0.4 is 10.1 Å². The van der Waals surface area contributed by atoms with Gasteiger partial charge >= 0.3 is 5.97 Å². The lowest BCUT2D eigenvalue weighted by Gasteiger charge is -2.22. The first-order valence-corrected chi connectivity index (χ1v) is 10.4. The van der Waals surface area contributed by atoms with Gasteiger partial charge in [-0.05, 0) is 17.8 Å². The molecule has 0 radical (unpaired) electrons. The van der Waals surface area contributed by atoms with E-state index in [4.69, 9.17) is 9.47 Å². The zero-order chi connectivity index (χ0) is 24.3. The fourth-order valence-corrected chi connectivity index (χ4v) is 3.05. The highest BCUT2D eigenvalue weighted by Crippen LogP contribution is 2.27. The van der Waals surface area contributed by atoms with Crippen LogP contribution in [0.25, 0.3) is 0 Å². The van der Waals surface area contributed by atoms with Gasteiger partial charge in [0.05, 0.1) is 32.8 Å². The summed E-state index contributed by atoms with van der Waals surface area (Å²) in [6.45, 7) is 9.25. The van der Waals surface area contributed by atoms with E-state index < -0.39 is 35.0 Å². The zero-order valence-electron chi connectivity index (χ0n) is 18.9. The summed E-state index contributed by atoms with van der Waals surface area (Å²) in [5.74, 6) is -9.21. The maximum Gasteiger partial charge on any atom is 0.313 e. The molecule has 0 fully saturated rings. The van der Waals surface area contributed by atoms with Crippen molar-refractivity contribution in [1.29, 1.82) is 0 Å². The van der Waals surface area contributed by atoms with E-state index in [0.29, 0.717) is 13.0 Å². The van der Waals surface area contributed by atoms with Gasteiger partial charge in [0.2, 0.25) is 23.3 Å². The lowest BCUT2D eigenvalue weighted by molar-refractivity contribution is -0.136.